The predicted octanol–water partition coefficient (Wildman–Crippen LogP) is 2.61. The van der Waals surface area contributed by atoms with Gasteiger partial charge in [-0.05, 0) is 28.5 Å². The lowest BCUT2D eigenvalue weighted by atomic mass is 10.2. The second kappa shape index (κ2) is 6.80. The second-order valence-corrected chi connectivity index (χ2v) is 6.59. The van der Waals surface area contributed by atoms with Gasteiger partial charge in [-0.25, -0.2) is 13.1 Å². The van der Waals surface area contributed by atoms with E-state index in [-0.39, 0.29) is 10.4 Å². The van der Waals surface area contributed by atoms with Crippen LogP contribution < -0.4 is 4.72 Å². The van der Waals surface area contributed by atoms with Gasteiger partial charge in [0.05, 0.1) is 6.07 Å². The number of nitro groups is 1. The van der Waals surface area contributed by atoms with Crippen molar-refractivity contribution in [2.24, 2.45) is 0 Å². The number of aromatic nitrogens is 1. The van der Waals surface area contributed by atoms with Crippen molar-refractivity contribution in [1.29, 1.82) is 0 Å². The summed E-state index contributed by atoms with van der Waals surface area (Å²) in [5, 5.41) is 11.3. The zero-order valence-corrected chi connectivity index (χ0v) is 13.0. The number of benzene rings is 1. The van der Waals surface area contributed by atoms with Gasteiger partial charge in [0.2, 0.25) is 10.0 Å². The Morgan fingerprint density at radius 1 is 1.27 bits per heavy atom. The number of pyridine rings is 1. The number of rotatable bonds is 7. The molecule has 1 aromatic carbocycles. The molecule has 7 nitrogen and oxygen atoms in total. The fourth-order valence-corrected chi connectivity index (χ4v) is 3.40. The van der Waals surface area contributed by atoms with Gasteiger partial charge < -0.3 is 10.1 Å². The predicted molar refractivity (Wildman–Crippen MR) is 83.1 cm³/mol. The van der Waals surface area contributed by atoms with Gasteiger partial charge in [-0.1, -0.05) is 31.9 Å². The molecule has 0 saturated carbocycles. The Balaban J connectivity index is 2.46. The molecule has 118 valence electrons. The van der Waals surface area contributed by atoms with E-state index in [2.05, 4.69) is 9.71 Å². The summed E-state index contributed by atoms with van der Waals surface area (Å²) in [6.45, 7) is 2.33. The summed E-state index contributed by atoms with van der Waals surface area (Å²) >= 11 is 0. The summed E-state index contributed by atoms with van der Waals surface area (Å²) in [5.74, 6) is -0.479. The molecule has 1 aromatic heterocycles. The van der Waals surface area contributed by atoms with Gasteiger partial charge in [0.25, 0.3) is 0 Å². The third-order valence-electron chi connectivity index (χ3n) is 3.21. The van der Waals surface area contributed by atoms with Gasteiger partial charge >= 0.3 is 5.82 Å². The van der Waals surface area contributed by atoms with E-state index in [1.165, 1.54) is 0 Å². The molecule has 22 heavy (non-hydrogen) atoms. The van der Waals surface area contributed by atoms with Crippen molar-refractivity contribution in [1.82, 2.24) is 9.71 Å². The summed E-state index contributed by atoms with van der Waals surface area (Å²) in [6, 6.07) is 7.48. The van der Waals surface area contributed by atoms with Crippen molar-refractivity contribution >= 4 is 26.7 Å². The lowest BCUT2D eigenvalue weighted by molar-refractivity contribution is -0.389. The molecule has 0 saturated heterocycles. The van der Waals surface area contributed by atoms with Gasteiger partial charge in [-0.2, -0.15) is 0 Å². The largest absolute Gasteiger partial charge is 0.365 e. The van der Waals surface area contributed by atoms with E-state index >= 15 is 0 Å². The smallest absolute Gasteiger partial charge is 0.358 e. The molecule has 0 aliphatic heterocycles. The molecule has 0 fully saturated rings. The zero-order chi connectivity index (χ0) is 16.2. The number of hydrogen-bond acceptors (Lipinski definition) is 5. The molecule has 0 radical (unpaired) electrons. The van der Waals surface area contributed by atoms with Crippen LogP contribution >= 0.6 is 0 Å². The minimum Gasteiger partial charge on any atom is -0.358 e. The van der Waals surface area contributed by atoms with E-state index in [1.807, 2.05) is 6.92 Å². The standard InChI is InChI=1S/C14H17N3O4S/c1-2-3-6-9-15-22(20,21)13-10-14(17(18)19)16-12-8-5-4-7-11(12)13/h4-5,7-8,10,15H,2-3,6,9H2,1H3. The molecule has 1 N–H and O–H groups in total. The lowest BCUT2D eigenvalue weighted by Crippen LogP contribution is -2.25. The molecular formula is C14H17N3O4S. The van der Waals surface area contributed by atoms with Crippen LogP contribution in [-0.2, 0) is 10.0 Å². The first-order valence-corrected chi connectivity index (χ1v) is 8.48. The second-order valence-electron chi connectivity index (χ2n) is 4.86. The SMILES string of the molecule is CCCCCNS(=O)(=O)c1cc([N+](=O)[O-])nc2ccccc12. The van der Waals surface area contributed by atoms with Crippen molar-refractivity contribution < 1.29 is 13.3 Å². The molecule has 0 spiro atoms. The van der Waals surface area contributed by atoms with Crippen molar-refractivity contribution in [3.05, 3.63) is 40.4 Å². The minimum atomic E-state index is -3.82. The zero-order valence-electron chi connectivity index (χ0n) is 12.2. The van der Waals surface area contributed by atoms with E-state index in [0.29, 0.717) is 11.9 Å². The van der Waals surface area contributed by atoms with Crippen LogP contribution in [0.1, 0.15) is 26.2 Å². The molecule has 8 heteroatoms. The fraction of sp³-hybridized carbons (Fsp3) is 0.357. The first-order valence-electron chi connectivity index (χ1n) is 6.99. The van der Waals surface area contributed by atoms with Gasteiger partial charge in [0.15, 0.2) is 5.52 Å². The number of unbranched alkanes of at least 4 members (excludes halogenated alkanes) is 2. The average Bonchev–Trinajstić information content (AvgIpc) is 2.50. The van der Waals surface area contributed by atoms with E-state index in [4.69, 9.17) is 0 Å². The Labute approximate surface area is 128 Å². The van der Waals surface area contributed by atoms with Crippen molar-refractivity contribution in [2.75, 3.05) is 6.54 Å². The summed E-state index contributed by atoms with van der Waals surface area (Å²) in [4.78, 5) is 14.0. The van der Waals surface area contributed by atoms with Crippen molar-refractivity contribution in [3.8, 4) is 0 Å². The van der Waals surface area contributed by atoms with Crippen LogP contribution in [0.4, 0.5) is 5.82 Å². The molecule has 0 unspecified atom stereocenters. The van der Waals surface area contributed by atoms with Crippen LogP contribution in [0, 0.1) is 10.1 Å². The highest BCUT2D eigenvalue weighted by atomic mass is 32.2. The van der Waals surface area contributed by atoms with E-state index in [0.717, 1.165) is 25.3 Å². The maximum atomic E-state index is 12.4. The van der Waals surface area contributed by atoms with Gasteiger partial charge in [0, 0.05) is 11.9 Å². The Bertz CT molecular complexity index is 790. The first-order chi connectivity index (χ1) is 10.5. The Kier molecular flexibility index (Phi) is 5.04. The van der Waals surface area contributed by atoms with Crippen molar-refractivity contribution in [2.45, 2.75) is 31.1 Å². The normalized spacial score (nSPS) is 11.7. The summed E-state index contributed by atoms with van der Waals surface area (Å²) < 4.78 is 27.3. The summed E-state index contributed by atoms with van der Waals surface area (Å²) in [7, 11) is -3.82. The number of sulfonamides is 1. The van der Waals surface area contributed by atoms with Crippen LogP contribution in [-0.4, -0.2) is 24.9 Å². The van der Waals surface area contributed by atoms with Gasteiger partial charge in [-0.15, -0.1) is 0 Å². The Hall–Kier alpha value is -2.06. The first kappa shape index (κ1) is 16.3. The quantitative estimate of drug-likeness (QED) is 0.479. The topological polar surface area (TPSA) is 102 Å². The average molecular weight is 323 g/mol. The van der Waals surface area contributed by atoms with Gasteiger partial charge in [0.1, 0.15) is 4.90 Å². The van der Waals surface area contributed by atoms with Crippen LogP contribution in [0.2, 0.25) is 0 Å². The molecule has 2 aromatic rings. The minimum absolute atomic E-state index is 0.110. The molecular weight excluding hydrogens is 306 g/mol. The molecule has 0 bridgehead atoms. The highest BCUT2D eigenvalue weighted by Crippen LogP contribution is 2.25. The van der Waals surface area contributed by atoms with Crippen LogP contribution in [0.25, 0.3) is 10.9 Å². The van der Waals surface area contributed by atoms with Crippen LogP contribution in [0.3, 0.4) is 0 Å². The van der Waals surface area contributed by atoms with Crippen LogP contribution in [0.15, 0.2) is 35.2 Å². The third kappa shape index (κ3) is 3.58. The van der Waals surface area contributed by atoms with Gasteiger partial charge in [-0.3, -0.25) is 0 Å². The number of para-hydroxylation sites is 1. The monoisotopic (exact) mass is 323 g/mol. The highest BCUT2D eigenvalue weighted by Gasteiger charge is 2.23. The number of nitrogens with one attached hydrogen (secondary N) is 1. The Morgan fingerprint density at radius 3 is 2.68 bits per heavy atom. The fourth-order valence-electron chi connectivity index (χ4n) is 2.11. The number of nitrogens with zero attached hydrogens (tertiary/aromatic N) is 2. The number of hydrogen-bond donors (Lipinski definition) is 1. The summed E-state index contributed by atoms with van der Waals surface area (Å²) in [6.07, 6.45) is 2.62. The molecule has 0 aliphatic rings. The molecule has 0 amide bonds. The van der Waals surface area contributed by atoms with E-state index in [1.54, 1.807) is 24.3 Å². The van der Waals surface area contributed by atoms with Crippen molar-refractivity contribution in [3.63, 3.8) is 0 Å². The van der Waals surface area contributed by atoms with Crippen LogP contribution in [0.5, 0.6) is 0 Å². The highest BCUT2D eigenvalue weighted by molar-refractivity contribution is 7.89. The summed E-state index contributed by atoms with van der Waals surface area (Å²) in [5.41, 5.74) is 0.283. The molecule has 0 atom stereocenters. The van der Waals surface area contributed by atoms with E-state index < -0.39 is 20.8 Å². The third-order valence-corrected chi connectivity index (χ3v) is 4.71. The molecule has 1 heterocycles. The lowest BCUT2D eigenvalue weighted by Gasteiger charge is -2.08. The molecule has 2 rings (SSSR count). The molecule has 0 aliphatic carbocycles. The maximum Gasteiger partial charge on any atom is 0.365 e. The number of fused-ring (bicyclic) bond motifs is 1. The van der Waals surface area contributed by atoms with E-state index in [9.17, 15) is 18.5 Å². The Morgan fingerprint density at radius 2 is 2.00 bits per heavy atom. The maximum absolute atomic E-state index is 12.4.